The number of carbonyl (C=O) groups excluding carboxylic acids is 2. The number of nitrogens with zero attached hydrogens (tertiary/aromatic N) is 1. The van der Waals surface area contributed by atoms with Crippen LogP contribution in [-0.2, 0) is 6.42 Å². The predicted molar refractivity (Wildman–Crippen MR) is 132 cm³/mol. The maximum absolute atomic E-state index is 13.0. The highest BCUT2D eigenvalue weighted by Gasteiger charge is 2.17. The Balaban J connectivity index is 1.51. The van der Waals surface area contributed by atoms with Gasteiger partial charge in [-0.3, -0.25) is 9.59 Å². The monoisotopic (exact) mass is 452 g/mol. The summed E-state index contributed by atoms with van der Waals surface area (Å²) in [4.78, 5) is 30.0. The highest BCUT2D eigenvalue weighted by atomic mass is 16.5. The van der Waals surface area contributed by atoms with Crippen LogP contribution in [0.1, 0.15) is 26.3 Å². The first-order valence-electron chi connectivity index (χ1n) is 10.7. The van der Waals surface area contributed by atoms with Gasteiger partial charge in [0, 0.05) is 29.9 Å². The fourth-order valence-electron chi connectivity index (χ4n) is 3.59. The van der Waals surface area contributed by atoms with Gasteiger partial charge < -0.3 is 14.8 Å². The molecule has 0 radical (unpaired) electrons. The summed E-state index contributed by atoms with van der Waals surface area (Å²) in [6.07, 6.45) is 1.76. The van der Waals surface area contributed by atoms with E-state index >= 15 is 0 Å². The summed E-state index contributed by atoms with van der Waals surface area (Å²) >= 11 is 0. The van der Waals surface area contributed by atoms with E-state index in [-0.39, 0.29) is 17.8 Å². The van der Waals surface area contributed by atoms with E-state index in [1.165, 1.54) is 20.4 Å². The molecule has 3 aromatic carbocycles. The summed E-state index contributed by atoms with van der Waals surface area (Å²) < 4.78 is 10.4. The second kappa shape index (κ2) is 10.4. The first kappa shape index (κ1) is 22.7. The zero-order valence-electron chi connectivity index (χ0n) is 18.9. The molecule has 0 spiro atoms. The molecular weight excluding hydrogens is 428 g/mol. The molecule has 0 bridgehead atoms. The van der Waals surface area contributed by atoms with E-state index in [0.29, 0.717) is 22.9 Å². The first-order valence-corrected chi connectivity index (χ1v) is 10.7. The summed E-state index contributed by atoms with van der Waals surface area (Å²) in [5, 5.41) is 2.80. The van der Waals surface area contributed by atoms with Crippen LogP contribution in [0, 0.1) is 0 Å². The summed E-state index contributed by atoms with van der Waals surface area (Å²) in [6, 6.07) is 26.1. The number of carbonyl (C=O) groups is 2. The summed E-state index contributed by atoms with van der Waals surface area (Å²) in [5.74, 6) is 0.274. The van der Waals surface area contributed by atoms with Crippen molar-refractivity contribution in [2.24, 2.45) is 0 Å². The summed E-state index contributed by atoms with van der Waals surface area (Å²) in [6.45, 7) is 0. The Morgan fingerprint density at radius 3 is 2.26 bits per heavy atom. The molecule has 1 heterocycles. The number of aromatic nitrogens is 1. The van der Waals surface area contributed by atoms with E-state index in [9.17, 15) is 9.59 Å². The Kier molecular flexibility index (Phi) is 6.98. The topological polar surface area (TPSA) is 77.5 Å². The summed E-state index contributed by atoms with van der Waals surface area (Å²) in [5.41, 5.74) is 4.34. The summed E-state index contributed by atoms with van der Waals surface area (Å²) in [7, 11) is 2.98. The van der Waals surface area contributed by atoms with Crippen molar-refractivity contribution in [1.82, 2.24) is 4.98 Å². The number of ketones is 1. The van der Waals surface area contributed by atoms with Crippen LogP contribution in [0.3, 0.4) is 0 Å². The standard InChI is InChI=1S/C28H24N2O4/c1-33-26-13-12-22(17-24(26)28(32)30-23-14-15-29-27(18-23)34-2)25(31)16-19-8-10-21(11-9-19)20-6-4-3-5-7-20/h3-15,17-18H,16H2,1-2H3,(H,29,30,32). The van der Waals surface area contributed by atoms with Gasteiger partial charge in [-0.15, -0.1) is 0 Å². The van der Waals surface area contributed by atoms with Crippen LogP contribution in [0.4, 0.5) is 5.69 Å². The third-order valence-corrected chi connectivity index (χ3v) is 5.39. The first-order chi connectivity index (χ1) is 16.6. The largest absolute Gasteiger partial charge is 0.496 e. The SMILES string of the molecule is COc1cc(NC(=O)c2cc(C(=O)Cc3ccc(-c4ccccc4)cc3)ccc2OC)ccn1. The highest BCUT2D eigenvalue weighted by molar-refractivity contribution is 6.08. The lowest BCUT2D eigenvalue weighted by molar-refractivity contribution is 0.0993. The minimum Gasteiger partial charge on any atom is -0.496 e. The van der Waals surface area contributed by atoms with Gasteiger partial charge in [0.2, 0.25) is 5.88 Å². The second-order valence-electron chi connectivity index (χ2n) is 7.62. The molecule has 4 aromatic rings. The molecule has 0 atom stereocenters. The van der Waals surface area contributed by atoms with Gasteiger partial charge in [-0.2, -0.15) is 0 Å². The van der Waals surface area contributed by atoms with Crippen LogP contribution in [0.25, 0.3) is 11.1 Å². The predicted octanol–water partition coefficient (Wildman–Crippen LogP) is 5.44. The zero-order valence-corrected chi connectivity index (χ0v) is 18.9. The number of amides is 1. The minimum atomic E-state index is -0.396. The van der Waals surface area contributed by atoms with Crippen molar-refractivity contribution in [1.29, 1.82) is 0 Å². The van der Waals surface area contributed by atoms with Gasteiger partial charge in [0.25, 0.3) is 5.91 Å². The van der Waals surface area contributed by atoms with Crippen LogP contribution in [-0.4, -0.2) is 30.9 Å². The molecule has 0 saturated carbocycles. The minimum absolute atomic E-state index is 0.0882. The van der Waals surface area contributed by atoms with Gasteiger partial charge in [0.1, 0.15) is 5.75 Å². The van der Waals surface area contributed by atoms with Crippen LogP contribution in [0.15, 0.2) is 91.1 Å². The van der Waals surface area contributed by atoms with Crippen molar-refractivity contribution < 1.29 is 19.1 Å². The molecule has 0 aliphatic rings. The van der Waals surface area contributed by atoms with Crippen LogP contribution < -0.4 is 14.8 Å². The van der Waals surface area contributed by atoms with Gasteiger partial charge in [0.15, 0.2) is 5.78 Å². The van der Waals surface area contributed by atoms with Crippen LogP contribution in [0.5, 0.6) is 11.6 Å². The van der Waals surface area contributed by atoms with E-state index in [2.05, 4.69) is 10.3 Å². The third kappa shape index (κ3) is 5.30. The second-order valence-corrected chi connectivity index (χ2v) is 7.62. The van der Waals surface area contributed by atoms with Gasteiger partial charge in [-0.25, -0.2) is 4.98 Å². The van der Waals surface area contributed by atoms with E-state index in [1.807, 2.05) is 54.6 Å². The fourth-order valence-corrected chi connectivity index (χ4v) is 3.59. The maximum Gasteiger partial charge on any atom is 0.259 e. The Hall–Kier alpha value is -4.45. The van der Waals surface area contributed by atoms with Crippen molar-refractivity contribution in [3.63, 3.8) is 0 Å². The molecule has 1 amide bonds. The Morgan fingerprint density at radius 2 is 1.56 bits per heavy atom. The van der Waals surface area contributed by atoms with E-state index < -0.39 is 5.91 Å². The highest BCUT2D eigenvalue weighted by Crippen LogP contribution is 2.24. The number of benzene rings is 3. The van der Waals surface area contributed by atoms with Gasteiger partial charge >= 0.3 is 0 Å². The van der Waals surface area contributed by atoms with Gasteiger partial charge in [-0.05, 0) is 41.0 Å². The number of anilines is 1. The lowest BCUT2D eigenvalue weighted by Gasteiger charge is -2.12. The number of hydrogen-bond acceptors (Lipinski definition) is 5. The van der Waals surface area contributed by atoms with Crippen molar-refractivity contribution in [2.45, 2.75) is 6.42 Å². The molecule has 0 aliphatic heterocycles. The molecule has 0 fully saturated rings. The zero-order chi connectivity index (χ0) is 23.9. The number of rotatable bonds is 8. The lowest BCUT2D eigenvalue weighted by Crippen LogP contribution is -2.15. The molecular formula is C28H24N2O4. The number of methoxy groups -OCH3 is 2. The van der Waals surface area contributed by atoms with Crippen molar-refractivity contribution in [3.05, 3.63) is 108 Å². The molecule has 0 unspecified atom stereocenters. The van der Waals surface area contributed by atoms with Crippen molar-refractivity contribution in [2.75, 3.05) is 19.5 Å². The van der Waals surface area contributed by atoms with Gasteiger partial charge in [0.05, 0.1) is 19.8 Å². The van der Waals surface area contributed by atoms with Crippen LogP contribution >= 0.6 is 0 Å². The molecule has 4 rings (SSSR count). The number of ether oxygens (including phenoxy) is 2. The normalized spacial score (nSPS) is 10.4. The number of Topliss-reactive ketones (excluding diaryl/α,β-unsaturated/α-hetero) is 1. The van der Waals surface area contributed by atoms with Crippen molar-refractivity contribution in [3.8, 4) is 22.8 Å². The van der Waals surface area contributed by atoms with E-state index in [4.69, 9.17) is 9.47 Å². The number of pyridine rings is 1. The molecule has 1 aromatic heterocycles. The molecule has 34 heavy (non-hydrogen) atoms. The quantitative estimate of drug-likeness (QED) is 0.360. The van der Waals surface area contributed by atoms with E-state index in [0.717, 1.165) is 16.7 Å². The number of hydrogen-bond donors (Lipinski definition) is 1. The van der Waals surface area contributed by atoms with Crippen molar-refractivity contribution >= 4 is 17.4 Å². The molecule has 0 aliphatic carbocycles. The molecule has 170 valence electrons. The third-order valence-electron chi connectivity index (χ3n) is 5.39. The Bertz CT molecular complexity index is 1300. The average Bonchev–Trinajstić information content (AvgIpc) is 2.89. The van der Waals surface area contributed by atoms with Gasteiger partial charge in [-0.1, -0.05) is 54.6 Å². The smallest absolute Gasteiger partial charge is 0.259 e. The Labute approximate surface area is 198 Å². The number of nitrogens with one attached hydrogen (secondary N) is 1. The maximum atomic E-state index is 13.0. The van der Waals surface area contributed by atoms with Crippen LogP contribution in [0.2, 0.25) is 0 Å². The molecule has 1 N–H and O–H groups in total. The molecule has 6 nitrogen and oxygen atoms in total. The lowest BCUT2D eigenvalue weighted by atomic mass is 9.98. The Morgan fingerprint density at radius 1 is 0.824 bits per heavy atom. The molecule has 6 heteroatoms. The molecule has 0 saturated heterocycles. The fraction of sp³-hybridized carbons (Fsp3) is 0.107. The van der Waals surface area contributed by atoms with E-state index in [1.54, 1.807) is 30.3 Å². The average molecular weight is 453 g/mol.